The van der Waals surface area contributed by atoms with Gasteiger partial charge in [0.05, 0.1) is 0 Å². The first-order chi connectivity index (χ1) is 1.73. The van der Waals surface area contributed by atoms with Gasteiger partial charge < -0.3 is 10.0 Å². The molecule has 0 amide bonds. The molecule has 0 aliphatic heterocycles. The summed E-state index contributed by atoms with van der Waals surface area (Å²) < 4.78 is 0. The third-order valence-electron chi connectivity index (χ3n) is 0. The van der Waals surface area contributed by atoms with Crippen molar-refractivity contribution in [2.24, 2.45) is 0 Å². The Hall–Kier alpha value is 1.47. The standard InChI is InChI=1S/BClO2.2Li/c2-1(3)4;;/q-2;2*+1. The molecule has 6 heteroatoms. The first-order valence-electron chi connectivity index (χ1n) is 0.690. The van der Waals surface area contributed by atoms with E-state index in [1.807, 2.05) is 0 Å². The molecule has 0 unspecified atom stereocenters. The summed E-state index contributed by atoms with van der Waals surface area (Å²) in [6.07, 6.45) is 0. The van der Waals surface area contributed by atoms with Crippen LogP contribution < -0.4 is 47.8 Å². The first kappa shape index (κ1) is 15.7. The number of rotatable bonds is 0. The number of hydrogen-bond donors (Lipinski definition) is 0. The van der Waals surface area contributed by atoms with Gasteiger partial charge in [0.15, 0.2) is 0 Å². The van der Waals surface area contributed by atoms with E-state index in [-0.39, 0.29) is 37.7 Å². The molecule has 0 radical (unpaired) electrons. The Balaban J connectivity index is -0.0000000450. The van der Waals surface area contributed by atoms with E-state index >= 15 is 0 Å². The summed E-state index contributed by atoms with van der Waals surface area (Å²) in [5.41, 5.74) is 0. The molecule has 0 aromatic heterocycles. The Bertz CT molecular complexity index is 16.3. The largest absolute Gasteiger partial charge is 1.00 e. The summed E-state index contributed by atoms with van der Waals surface area (Å²) in [5.74, 6) is 0. The van der Waals surface area contributed by atoms with Gasteiger partial charge in [-0.2, -0.15) is 0 Å². The summed E-state index contributed by atoms with van der Waals surface area (Å²) in [6.45, 7) is -2.19. The summed E-state index contributed by atoms with van der Waals surface area (Å²) >= 11 is 4.16. The molecule has 0 saturated carbocycles. The molecule has 0 saturated heterocycles. The fourth-order valence-corrected chi connectivity index (χ4v) is 0. The van der Waals surface area contributed by atoms with Crippen LogP contribution in [0.2, 0.25) is 0 Å². The molecule has 24 valence electrons. The molecule has 2 nitrogen and oxygen atoms in total. The van der Waals surface area contributed by atoms with Gasteiger partial charge >= 0.3 is 37.7 Å². The van der Waals surface area contributed by atoms with Crippen molar-refractivity contribution in [3.8, 4) is 0 Å². The van der Waals surface area contributed by atoms with E-state index in [2.05, 4.69) is 11.5 Å². The van der Waals surface area contributed by atoms with Crippen LogP contribution in [-0.4, -0.2) is 6.53 Å². The molecule has 0 N–H and O–H groups in total. The van der Waals surface area contributed by atoms with E-state index < -0.39 is 6.53 Å². The predicted octanol–water partition coefficient (Wildman–Crippen LogP) is -8.06. The Labute approximate surface area is 65.7 Å². The van der Waals surface area contributed by atoms with Gasteiger partial charge in [-0.05, 0) is 0 Å². The summed E-state index contributed by atoms with van der Waals surface area (Å²) in [4.78, 5) is 0. The zero-order chi connectivity index (χ0) is 3.58. The van der Waals surface area contributed by atoms with Crippen molar-refractivity contribution in [3.05, 3.63) is 0 Å². The van der Waals surface area contributed by atoms with Crippen LogP contribution >= 0.6 is 11.5 Å². The van der Waals surface area contributed by atoms with Crippen LogP contribution in [0.1, 0.15) is 0 Å². The molecule has 0 fully saturated rings. The normalized spacial score (nSPS) is 4.50. The van der Waals surface area contributed by atoms with Crippen LogP contribution in [0.15, 0.2) is 0 Å². The smallest absolute Gasteiger partial charge is 0.881 e. The molecule has 0 aliphatic rings. The van der Waals surface area contributed by atoms with E-state index in [4.69, 9.17) is 10.0 Å². The van der Waals surface area contributed by atoms with Crippen LogP contribution in [0.4, 0.5) is 0 Å². The van der Waals surface area contributed by atoms with Crippen LogP contribution in [0.3, 0.4) is 0 Å². The summed E-state index contributed by atoms with van der Waals surface area (Å²) in [7, 11) is 0. The molecule has 0 rings (SSSR count). The third-order valence-corrected chi connectivity index (χ3v) is 0. The monoisotopic (exact) mass is 92.0 g/mol. The van der Waals surface area contributed by atoms with Gasteiger partial charge in [0.25, 0.3) is 0 Å². The predicted molar refractivity (Wildman–Crippen MR) is 11.6 cm³/mol. The maximum atomic E-state index is 8.74. The minimum atomic E-state index is -2.19. The van der Waals surface area contributed by atoms with E-state index in [0.717, 1.165) is 0 Å². The maximum absolute atomic E-state index is 8.74. The zero-order valence-electron chi connectivity index (χ0n) is 3.77. The number of hydrogen-bond acceptors (Lipinski definition) is 2. The first-order valence-corrected chi connectivity index (χ1v) is 1.13. The Morgan fingerprint density at radius 3 is 1.17 bits per heavy atom. The molecule has 0 bridgehead atoms. The number of halogens is 1. The van der Waals surface area contributed by atoms with E-state index in [1.165, 1.54) is 0 Å². The van der Waals surface area contributed by atoms with E-state index in [1.54, 1.807) is 0 Å². The zero-order valence-corrected chi connectivity index (χ0v) is 4.53. The van der Waals surface area contributed by atoms with Crippen LogP contribution in [0.25, 0.3) is 0 Å². The molecule has 0 aromatic carbocycles. The third kappa shape index (κ3) is 50.6. The van der Waals surface area contributed by atoms with Crippen molar-refractivity contribution < 1.29 is 47.8 Å². The second kappa shape index (κ2) is 9.69. The van der Waals surface area contributed by atoms with Gasteiger partial charge in [-0.1, -0.05) is 0 Å². The van der Waals surface area contributed by atoms with Crippen molar-refractivity contribution in [2.75, 3.05) is 0 Å². The molecular weight excluding hydrogens is 92.1 g/mol. The van der Waals surface area contributed by atoms with Crippen LogP contribution in [-0.2, 0) is 0 Å². The SMILES string of the molecule is [Li+].[Li+].[O-]B([O-])Cl. The summed E-state index contributed by atoms with van der Waals surface area (Å²) in [5, 5.41) is 17.5. The van der Waals surface area contributed by atoms with Crippen molar-refractivity contribution in [1.29, 1.82) is 0 Å². The average Bonchev–Trinajstić information content (AvgIpc) is 0.811. The van der Waals surface area contributed by atoms with Crippen molar-refractivity contribution in [1.82, 2.24) is 0 Å². The minimum Gasteiger partial charge on any atom is -0.881 e. The minimum absolute atomic E-state index is 0. The quantitative estimate of drug-likeness (QED) is 0.279. The second-order valence-electron chi connectivity index (χ2n) is 0.274. The molecule has 0 aromatic rings. The van der Waals surface area contributed by atoms with Crippen molar-refractivity contribution in [3.63, 3.8) is 0 Å². The van der Waals surface area contributed by atoms with Crippen LogP contribution in [0.5, 0.6) is 0 Å². The van der Waals surface area contributed by atoms with Gasteiger partial charge in [0.2, 0.25) is 0 Å². The van der Waals surface area contributed by atoms with Crippen molar-refractivity contribution in [2.45, 2.75) is 0 Å². The molecule has 6 heavy (non-hydrogen) atoms. The van der Waals surface area contributed by atoms with Gasteiger partial charge in [-0.25, -0.2) is 11.5 Å². The molecule has 0 spiro atoms. The summed E-state index contributed by atoms with van der Waals surface area (Å²) in [6, 6.07) is 0. The Morgan fingerprint density at radius 1 is 1.17 bits per heavy atom. The van der Waals surface area contributed by atoms with Crippen LogP contribution in [0, 0.1) is 0 Å². The second-order valence-corrected chi connectivity index (χ2v) is 0.631. The van der Waals surface area contributed by atoms with Gasteiger partial charge in [-0.3, -0.25) is 0 Å². The fourth-order valence-electron chi connectivity index (χ4n) is 0. The topological polar surface area (TPSA) is 46.1 Å². The molecule has 0 atom stereocenters. The fraction of sp³-hybridized carbons (Fsp3) is 0. The maximum Gasteiger partial charge on any atom is 1.00 e. The van der Waals surface area contributed by atoms with Gasteiger partial charge in [-0.15, -0.1) is 0 Å². The van der Waals surface area contributed by atoms with E-state index in [0.29, 0.717) is 0 Å². The van der Waals surface area contributed by atoms with Gasteiger partial charge in [0.1, 0.15) is 0 Å². The van der Waals surface area contributed by atoms with E-state index in [9.17, 15) is 0 Å². The Kier molecular flexibility index (Phi) is 25.3. The molecule has 0 aliphatic carbocycles. The molecular formula is BClLi2O2. The average molecular weight is 92.1 g/mol. The molecule has 0 heterocycles. The van der Waals surface area contributed by atoms with Crippen molar-refractivity contribution >= 4 is 18.0 Å². The van der Waals surface area contributed by atoms with Gasteiger partial charge in [0, 0.05) is 6.53 Å². The Morgan fingerprint density at radius 2 is 1.17 bits per heavy atom.